The van der Waals surface area contributed by atoms with E-state index in [1.54, 1.807) is 31.5 Å². The summed E-state index contributed by atoms with van der Waals surface area (Å²) in [5, 5.41) is 14.5. The van der Waals surface area contributed by atoms with Crippen LogP contribution in [0, 0.1) is 6.92 Å². The quantitative estimate of drug-likeness (QED) is 0.300. The highest BCUT2D eigenvalue weighted by atomic mass is 35.5. The molecule has 0 bridgehead atoms. The lowest BCUT2D eigenvalue weighted by Crippen LogP contribution is -2.20. The van der Waals surface area contributed by atoms with Crippen molar-refractivity contribution >= 4 is 22.9 Å². The fraction of sp³-hybridized carbons (Fsp3) is 0.174. The molecule has 0 aliphatic rings. The number of thiazole rings is 1. The molecule has 1 unspecified atom stereocenters. The third-order valence-electron chi connectivity index (χ3n) is 4.70. The van der Waals surface area contributed by atoms with E-state index in [0.717, 1.165) is 11.1 Å². The van der Waals surface area contributed by atoms with E-state index in [-0.39, 0.29) is 5.56 Å². The number of aromatic nitrogens is 3. The number of nitrogens with one attached hydrogen (secondary N) is 1. The monoisotopic (exact) mass is 468 g/mol. The molecule has 0 saturated heterocycles. The molecule has 2 N–H and O–H groups in total. The summed E-state index contributed by atoms with van der Waals surface area (Å²) in [6.07, 6.45) is 2.35. The lowest BCUT2D eigenvalue weighted by atomic mass is 10.2. The van der Waals surface area contributed by atoms with E-state index >= 15 is 0 Å². The van der Waals surface area contributed by atoms with Crippen molar-refractivity contribution in [3.05, 3.63) is 104 Å². The van der Waals surface area contributed by atoms with Gasteiger partial charge in [0.05, 0.1) is 10.6 Å². The first-order valence-electron chi connectivity index (χ1n) is 9.88. The summed E-state index contributed by atoms with van der Waals surface area (Å²) in [6.45, 7) is 2.59. The summed E-state index contributed by atoms with van der Waals surface area (Å²) < 4.78 is 7.16. The summed E-state index contributed by atoms with van der Waals surface area (Å²) in [7, 11) is 0. The van der Waals surface area contributed by atoms with Crippen LogP contribution in [0.25, 0.3) is 5.13 Å². The van der Waals surface area contributed by atoms with Gasteiger partial charge in [0.15, 0.2) is 5.13 Å². The Labute approximate surface area is 193 Å². The Morgan fingerprint density at radius 2 is 2.00 bits per heavy atom. The van der Waals surface area contributed by atoms with E-state index in [2.05, 4.69) is 15.3 Å². The van der Waals surface area contributed by atoms with Crippen molar-refractivity contribution in [1.82, 2.24) is 19.9 Å². The van der Waals surface area contributed by atoms with Crippen molar-refractivity contribution < 1.29 is 9.84 Å². The van der Waals surface area contributed by atoms with Gasteiger partial charge < -0.3 is 9.84 Å². The molecule has 0 amide bonds. The van der Waals surface area contributed by atoms with Gasteiger partial charge in [0, 0.05) is 25.0 Å². The maximum atomic E-state index is 12.6. The number of nitrogens with zero attached hydrogens (tertiary/aromatic N) is 3. The van der Waals surface area contributed by atoms with Crippen LogP contribution in [0.15, 0.2) is 71.8 Å². The molecule has 4 rings (SSSR count). The van der Waals surface area contributed by atoms with E-state index in [0.29, 0.717) is 39.8 Å². The van der Waals surface area contributed by atoms with E-state index in [9.17, 15) is 9.90 Å². The van der Waals surface area contributed by atoms with Gasteiger partial charge in [-0.1, -0.05) is 59.3 Å². The molecule has 7 nitrogen and oxygen atoms in total. The Hall–Kier alpha value is -3.04. The molecule has 32 heavy (non-hydrogen) atoms. The van der Waals surface area contributed by atoms with Gasteiger partial charge in [-0.3, -0.25) is 14.7 Å². The largest absolute Gasteiger partial charge is 0.489 e. The predicted molar refractivity (Wildman–Crippen MR) is 124 cm³/mol. The Bertz CT molecular complexity index is 1240. The Morgan fingerprint density at radius 3 is 2.72 bits per heavy atom. The number of aliphatic hydroxyl groups excluding tert-OH is 1. The Morgan fingerprint density at radius 1 is 1.19 bits per heavy atom. The summed E-state index contributed by atoms with van der Waals surface area (Å²) in [4.78, 5) is 21.8. The van der Waals surface area contributed by atoms with Crippen LogP contribution >= 0.6 is 22.9 Å². The van der Waals surface area contributed by atoms with Gasteiger partial charge in [0.2, 0.25) is 0 Å². The van der Waals surface area contributed by atoms with Crippen LogP contribution in [0.3, 0.4) is 0 Å². The molecule has 0 spiro atoms. The van der Waals surface area contributed by atoms with E-state index in [1.807, 2.05) is 36.4 Å². The summed E-state index contributed by atoms with van der Waals surface area (Å²) in [6, 6.07) is 16.4. The lowest BCUT2D eigenvalue weighted by molar-refractivity contribution is 0.140. The Balaban J connectivity index is 1.44. The minimum Gasteiger partial charge on any atom is -0.489 e. The third-order valence-corrected chi connectivity index (χ3v) is 6.14. The number of benzene rings is 1. The van der Waals surface area contributed by atoms with Crippen molar-refractivity contribution in [2.45, 2.75) is 26.3 Å². The zero-order valence-electron chi connectivity index (χ0n) is 17.2. The van der Waals surface area contributed by atoms with Crippen LogP contribution in [-0.2, 0) is 13.2 Å². The highest BCUT2D eigenvalue weighted by Gasteiger charge is 2.17. The molecule has 164 valence electrons. The smallest absolute Gasteiger partial charge is 0.260 e. The highest BCUT2D eigenvalue weighted by molar-refractivity contribution is 7.14. The zero-order valence-corrected chi connectivity index (χ0v) is 18.8. The molecule has 1 atom stereocenters. The highest BCUT2D eigenvalue weighted by Crippen LogP contribution is 2.26. The number of aliphatic hydroxyl groups is 1. The van der Waals surface area contributed by atoms with Crippen molar-refractivity contribution in [3.63, 3.8) is 0 Å². The number of rotatable bonds is 8. The average molecular weight is 469 g/mol. The van der Waals surface area contributed by atoms with E-state index in [4.69, 9.17) is 16.3 Å². The minimum atomic E-state index is -0.930. The first-order valence-corrected chi connectivity index (χ1v) is 11.1. The molecule has 0 radical (unpaired) electrons. The number of aryl methyl sites for hydroxylation is 1. The fourth-order valence-electron chi connectivity index (χ4n) is 3.02. The molecule has 1 aromatic carbocycles. The molecule has 3 heterocycles. The van der Waals surface area contributed by atoms with Gasteiger partial charge in [-0.25, -0.2) is 9.97 Å². The molecule has 0 aliphatic heterocycles. The molecule has 4 aromatic rings. The standard InChI is InChI=1S/C23H21ClN4O3S/c1-15-21(22(30)26-13-17-7-8-19(24)25-12-17)32-23(27-15)28-10-9-18(11-20(28)29)31-14-16-5-3-2-4-6-16/h2-12,22,26,30H,13-14H2,1H3. The van der Waals surface area contributed by atoms with Gasteiger partial charge >= 0.3 is 0 Å². The summed E-state index contributed by atoms with van der Waals surface area (Å²) in [5.74, 6) is 0.488. The summed E-state index contributed by atoms with van der Waals surface area (Å²) >= 11 is 7.05. The molecule has 0 aliphatic carbocycles. The van der Waals surface area contributed by atoms with Gasteiger partial charge in [0.1, 0.15) is 23.7 Å². The number of ether oxygens (including phenoxy) is 1. The van der Waals surface area contributed by atoms with Crippen molar-refractivity contribution in [1.29, 1.82) is 0 Å². The van der Waals surface area contributed by atoms with Crippen molar-refractivity contribution in [3.8, 4) is 10.9 Å². The first kappa shape index (κ1) is 22.2. The maximum Gasteiger partial charge on any atom is 0.260 e. The maximum absolute atomic E-state index is 12.6. The first-order chi connectivity index (χ1) is 15.5. The second kappa shape index (κ2) is 10.1. The third kappa shape index (κ3) is 5.41. The van der Waals surface area contributed by atoms with Crippen molar-refractivity contribution in [2.75, 3.05) is 0 Å². The molecular formula is C23H21ClN4O3S. The number of pyridine rings is 2. The van der Waals surface area contributed by atoms with Crippen LogP contribution in [0.4, 0.5) is 0 Å². The summed E-state index contributed by atoms with van der Waals surface area (Å²) in [5.41, 5.74) is 2.30. The van der Waals surface area contributed by atoms with Gasteiger partial charge in [-0.05, 0) is 30.2 Å². The lowest BCUT2D eigenvalue weighted by Gasteiger charge is -2.11. The van der Waals surface area contributed by atoms with Crippen LogP contribution < -0.4 is 15.6 Å². The molecule has 9 heteroatoms. The Kier molecular flexibility index (Phi) is 6.96. The SMILES string of the molecule is Cc1nc(-n2ccc(OCc3ccccc3)cc2=O)sc1C(O)NCc1ccc(Cl)nc1. The topological polar surface area (TPSA) is 89.3 Å². The van der Waals surface area contributed by atoms with Crippen LogP contribution in [0.5, 0.6) is 5.75 Å². The van der Waals surface area contributed by atoms with Crippen LogP contribution in [-0.4, -0.2) is 19.6 Å². The van der Waals surface area contributed by atoms with Crippen LogP contribution in [0.1, 0.15) is 27.9 Å². The second-order valence-electron chi connectivity index (χ2n) is 7.06. The van der Waals surface area contributed by atoms with Crippen molar-refractivity contribution in [2.24, 2.45) is 0 Å². The van der Waals surface area contributed by atoms with Gasteiger partial charge in [-0.2, -0.15) is 0 Å². The van der Waals surface area contributed by atoms with Gasteiger partial charge in [-0.15, -0.1) is 0 Å². The van der Waals surface area contributed by atoms with Crippen LogP contribution in [0.2, 0.25) is 5.15 Å². The zero-order chi connectivity index (χ0) is 22.5. The number of hydrogen-bond donors (Lipinski definition) is 2. The molecule has 0 saturated carbocycles. The van der Waals surface area contributed by atoms with E-state index < -0.39 is 6.23 Å². The second-order valence-corrected chi connectivity index (χ2v) is 8.46. The van der Waals surface area contributed by atoms with Gasteiger partial charge in [0.25, 0.3) is 5.56 Å². The number of hydrogen-bond acceptors (Lipinski definition) is 7. The molecule has 0 fully saturated rings. The number of halogens is 1. The molecule has 3 aromatic heterocycles. The minimum absolute atomic E-state index is 0.259. The average Bonchev–Trinajstić information content (AvgIpc) is 3.19. The molecular weight excluding hydrogens is 448 g/mol. The fourth-order valence-corrected chi connectivity index (χ4v) is 4.15. The van der Waals surface area contributed by atoms with E-state index in [1.165, 1.54) is 22.0 Å². The normalized spacial score (nSPS) is 12.0. The predicted octanol–water partition coefficient (Wildman–Crippen LogP) is 4.01.